The third kappa shape index (κ3) is 6.72. The van der Waals surface area contributed by atoms with Gasteiger partial charge in [-0.2, -0.15) is 18.3 Å². The molecule has 2 amide bonds. The molecule has 0 bridgehead atoms. The van der Waals surface area contributed by atoms with Crippen molar-refractivity contribution in [2.45, 2.75) is 12.1 Å². The molecule has 3 aromatic carbocycles. The molecule has 0 saturated heterocycles. The number of carbonyl (C=O) groups excluding carboxylic acids is 2. The van der Waals surface area contributed by atoms with Crippen LogP contribution in [0.4, 0.5) is 13.2 Å². The first kappa shape index (κ1) is 25.4. The van der Waals surface area contributed by atoms with E-state index in [9.17, 15) is 22.8 Å². The van der Waals surface area contributed by atoms with E-state index in [2.05, 4.69) is 15.8 Å². The number of nitrogens with zero attached hydrogens (tertiary/aromatic N) is 1. The molecule has 4 rings (SSSR count). The van der Waals surface area contributed by atoms with Crippen molar-refractivity contribution in [3.05, 3.63) is 120 Å². The van der Waals surface area contributed by atoms with Gasteiger partial charge in [-0.05, 0) is 35.4 Å². The number of hydrogen-bond donors (Lipinski definition) is 2. The number of amides is 2. The van der Waals surface area contributed by atoms with Crippen molar-refractivity contribution in [3.63, 3.8) is 0 Å². The maximum atomic E-state index is 13.0. The van der Waals surface area contributed by atoms with E-state index in [1.807, 2.05) is 60.7 Å². The first-order chi connectivity index (χ1) is 17.8. The van der Waals surface area contributed by atoms with E-state index < -0.39 is 23.6 Å². The lowest BCUT2D eigenvalue weighted by Crippen LogP contribution is -2.37. The van der Waals surface area contributed by atoms with E-state index in [0.717, 1.165) is 23.3 Å². The zero-order valence-corrected chi connectivity index (χ0v) is 19.4. The Hall–Kier alpha value is -4.66. The Morgan fingerprint density at radius 3 is 2.14 bits per heavy atom. The van der Waals surface area contributed by atoms with Crippen molar-refractivity contribution in [1.29, 1.82) is 0 Å². The lowest BCUT2D eigenvalue weighted by atomic mass is 9.90. The van der Waals surface area contributed by atoms with Gasteiger partial charge in [-0.15, -0.1) is 0 Å². The minimum atomic E-state index is -4.46. The van der Waals surface area contributed by atoms with Crippen LogP contribution in [0.5, 0.6) is 0 Å². The van der Waals surface area contributed by atoms with Crippen LogP contribution in [-0.2, 0) is 15.8 Å². The molecule has 4 aromatic rings. The summed E-state index contributed by atoms with van der Waals surface area (Å²) < 4.78 is 44.3. The summed E-state index contributed by atoms with van der Waals surface area (Å²) in [6.45, 7) is -0.306. The predicted molar refractivity (Wildman–Crippen MR) is 133 cm³/mol. The topological polar surface area (TPSA) is 83.7 Å². The van der Waals surface area contributed by atoms with E-state index in [4.69, 9.17) is 4.42 Å². The van der Waals surface area contributed by atoms with Crippen LogP contribution >= 0.6 is 0 Å². The van der Waals surface area contributed by atoms with Crippen molar-refractivity contribution in [2.75, 3.05) is 6.54 Å². The van der Waals surface area contributed by atoms with Gasteiger partial charge in [0.15, 0.2) is 0 Å². The predicted octanol–water partition coefficient (Wildman–Crippen LogP) is 5.36. The smallest absolute Gasteiger partial charge is 0.416 e. The van der Waals surface area contributed by atoms with Crippen LogP contribution in [0.3, 0.4) is 0 Å². The molecule has 2 N–H and O–H groups in total. The second-order valence-corrected chi connectivity index (χ2v) is 8.05. The van der Waals surface area contributed by atoms with Gasteiger partial charge in [0.05, 0.1) is 24.2 Å². The summed E-state index contributed by atoms with van der Waals surface area (Å²) in [5.41, 5.74) is 3.34. The molecule has 9 heteroatoms. The number of halogens is 3. The lowest BCUT2D eigenvalue weighted by Gasteiger charge is -2.17. The normalized spacial score (nSPS) is 11.6. The molecule has 1 heterocycles. The molecule has 0 aliphatic rings. The molecule has 0 unspecified atom stereocenters. The quantitative estimate of drug-likeness (QED) is 0.250. The number of benzene rings is 3. The SMILES string of the molecule is O=C(CNC(=O)C(c1ccccc1)c1ccccc1)NN=Cc1ccc(-c2cccc(C(F)(F)F)c2)o1. The number of hydrogen-bond acceptors (Lipinski definition) is 4. The van der Waals surface area contributed by atoms with Crippen LogP contribution < -0.4 is 10.7 Å². The first-order valence-electron chi connectivity index (χ1n) is 11.3. The van der Waals surface area contributed by atoms with E-state index in [-0.39, 0.29) is 29.5 Å². The Bertz CT molecular complexity index is 1340. The standard InChI is InChI=1S/C28H22F3N3O3/c29-28(30,31)22-13-7-12-21(16-22)24-15-14-23(37-24)17-33-34-25(35)18-32-27(36)26(19-8-3-1-4-9-19)20-10-5-2-6-11-20/h1-17,26H,18H2,(H,32,36)(H,34,35). The third-order valence-electron chi connectivity index (χ3n) is 5.43. The molecule has 37 heavy (non-hydrogen) atoms. The highest BCUT2D eigenvalue weighted by atomic mass is 19.4. The fourth-order valence-corrected chi connectivity index (χ4v) is 3.69. The average Bonchev–Trinajstić information content (AvgIpc) is 3.37. The summed E-state index contributed by atoms with van der Waals surface area (Å²) in [7, 11) is 0. The van der Waals surface area contributed by atoms with Crippen LogP contribution in [0.15, 0.2) is 107 Å². The minimum absolute atomic E-state index is 0.221. The summed E-state index contributed by atoms with van der Waals surface area (Å²) >= 11 is 0. The molecule has 0 fully saturated rings. The summed E-state index contributed by atoms with van der Waals surface area (Å²) in [4.78, 5) is 25.2. The molecule has 0 radical (unpaired) electrons. The van der Waals surface area contributed by atoms with Crippen molar-refractivity contribution in [3.8, 4) is 11.3 Å². The molecule has 0 spiro atoms. The van der Waals surface area contributed by atoms with Crippen LogP contribution in [0, 0.1) is 0 Å². The molecular formula is C28H22F3N3O3. The Labute approximate surface area is 210 Å². The summed E-state index contributed by atoms with van der Waals surface area (Å²) in [6.07, 6.45) is -3.25. The summed E-state index contributed by atoms with van der Waals surface area (Å²) in [6, 6.07) is 26.2. The summed E-state index contributed by atoms with van der Waals surface area (Å²) in [5, 5.41) is 6.43. The fraction of sp³-hybridized carbons (Fsp3) is 0.107. The fourth-order valence-electron chi connectivity index (χ4n) is 3.69. The molecule has 6 nitrogen and oxygen atoms in total. The maximum absolute atomic E-state index is 13.0. The highest BCUT2D eigenvalue weighted by Crippen LogP contribution is 2.32. The van der Waals surface area contributed by atoms with Gasteiger partial charge in [-0.25, -0.2) is 5.43 Å². The van der Waals surface area contributed by atoms with Gasteiger partial charge >= 0.3 is 6.18 Å². The van der Waals surface area contributed by atoms with Gasteiger partial charge < -0.3 is 9.73 Å². The van der Waals surface area contributed by atoms with Crippen molar-refractivity contribution < 1.29 is 27.2 Å². The highest BCUT2D eigenvalue weighted by molar-refractivity contribution is 5.91. The zero-order valence-electron chi connectivity index (χ0n) is 19.4. The molecule has 1 aromatic heterocycles. The number of nitrogens with one attached hydrogen (secondary N) is 2. The molecule has 0 aliphatic heterocycles. The van der Waals surface area contributed by atoms with E-state index in [1.54, 1.807) is 0 Å². The van der Waals surface area contributed by atoms with E-state index in [1.165, 1.54) is 30.5 Å². The molecular weight excluding hydrogens is 483 g/mol. The maximum Gasteiger partial charge on any atom is 0.416 e. The number of rotatable bonds is 8. The van der Waals surface area contributed by atoms with Gasteiger partial charge in [0.1, 0.15) is 11.5 Å². The third-order valence-corrected chi connectivity index (χ3v) is 5.43. The number of furan rings is 1. The highest BCUT2D eigenvalue weighted by Gasteiger charge is 2.30. The average molecular weight is 505 g/mol. The van der Waals surface area contributed by atoms with E-state index >= 15 is 0 Å². The molecule has 0 aliphatic carbocycles. The first-order valence-corrected chi connectivity index (χ1v) is 11.3. The Balaban J connectivity index is 1.34. The van der Waals surface area contributed by atoms with Crippen LogP contribution in [0.2, 0.25) is 0 Å². The van der Waals surface area contributed by atoms with Crippen molar-refractivity contribution in [1.82, 2.24) is 10.7 Å². The lowest BCUT2D eigenvalue weighted by molar-refractivity contribution is -0.137. The van der Waals surface area contributed by atoms with Crippen LogP contribution in [0.1, 0.15) is 28.4 Å². The van der Waals surface area contributed by atoms with Gasteiger partial charge in [0, 0.05) is 5.56 Å². The second-order valence-electron chi connectivity index (χ2n) is 8.05. The van der Waals surface area contributed by atoms with Crippen molar-refractivity contribution >= 4 is 18.0 Å². The van der Waals surface area contributed by atoms with Gasteiger partial charge in [-0.1, -0.05) is 72.8 Å². The monoisotopic (exact) mass is 505 g/mol. The number of alkyl halides is 3. The number of hydrazone groups is 1. The molecule has 0 saturated carbocycles. The van der Waals surface area contributed by atoms with Crippen LogP contribution in [-0.4, -0.2) is 24.6 Å². The second kappa shape index (κ2) is 11.4. The molecule has 188 valence electrons. The Kier molecular flexibility index (Phi) is 7.83. The van der Waals surface area contributed by atoms with Crippen LogP contribution in [0.25, 0.3) is 11.3 Å². The van der Waals surface area contributed by atoms with Gasteiger partial charge in [0.2, 0.25) is 5.91 Å². The van der Waals surface area contributed by atoms with Gasteiger partial charge in [-0.3, -0.25) is 9.59 Å². The minimum Gasteiger partial charge on any atom is -0.455 e. The number of carbonyl (C=O) groups is 2. The van der Waals surface area contributed by atoms with E-state index in [0.29, 0.717) is 0 Å². The zero-order chi connectivity index (χ0) is 26.3. The van der Waals surface area contributed by atoms with Gasteiger partial charge in [0.25, 0.3) is 5.91 Å². The Morgan fingerprint density at radius 1 is 0.865 bits per heavy atom. The summed E-state index contributed by atoms with van der Waals surface area (Å²) in [5.74, 6) is -1.04. The van der Waals surface area contributed by atoms with Crippen molar-refractivity contribution in [2.24, 2.45) is 5.10 Å². The largest absolute Gasteiger partial charge is 0.455 e. The molecule has 0 atom stereocenters. The Morgan fingerprint density at radius 2 is 1.51 bits per heavy atom.